The van der Waals surface area contributed by atoms with Crippen LogP contribution in [-0.2, 0) is 9.53 Å². The predicted molar refractivity (Wildman–Crippen MR) is 50.3 cm³/mol. The third-order valence-electron chi connectivity index (χ3n) is 2.11. The van der Waals surface area contributed by atoms with E-state index in [4.69, 9.17) is 5.26 Å². The Kier molecular flexibility index (Phi) is 5.28. The van der Waals surface area contributed by atoms with Crippen molar-refractivity contribution in [1.29, 1.82) is 5.26 Å². The van der Waals surface area contributed by atoms with E-state index in [1.54, 1.807) is 13.0 Å². The molecule has 1 atom stereocenters. The molecule has 0 bridgehead atoms. The van der Waals surface area contributed by atoms with E-state index in [0.29, 0.717) is 0 Å². The lowest BCUT2D eigenvalue weighted by Crippen LogP contribution is -2.28. The molecule has 0 radical (unpaired) electrons. The molecule has 0 aliphatic rings. The maximum absolute atomic E-state index is 11.9. The zero-order chi connectivity index (χ0) is 12.8. The van der Waals surface area contributed by atoms with Crippen molar-refractivity contribution in [3.8, 4) is 6.07 Å². The van der Waals surface area contributed by atoms with E-state index in [1.807, 2.05) is 0 Å². The van der Waals surface area contributed by atoms with E-state index in [0.717, 1.165) is 0 Å². The van der Waals surface area contributed by atoms with E-state index in [9.17, 15) is 18.0 Å². The van der Waals surface area contributed by atoms with Crippen LogP contribution in [0, 0.1) is 16.7 Å². The molecular weight excluding hydrogens is 223 g/mol. The van der Waals surface area contributed by atoms with Crippen LogP contribution < -0.4 is 0 Å². The predicted octanol–water partition coefficient (Wildman–Crippen LogP) is 2.81. The Morgan fingerprint density at radius 3 is 2.31 bits per heavy atom. The van der Waals surface area contributed by atoms with Crippen LogP contribution in [-0.4, -0.2) is 18.8 Å². The topological polar surface area (TPSA) is 50.1 Å². The molecule has 0 aromatic heterocycles. The van der Waals surface area contributed by atoms with Gasteiger partial charge >= 0.3 is 12.1 Å². The fourth-order valence-corrected chi connectivity index (χ4v) is 1.14. The Bertz CT molecular complexity index is 283. The summed E-state index contributed by atoms with van der Waals surface area (Å²) < 4.78 is 40.3. The fourth-order valence-electron chi connectivity index (χ4n) is 1.14. The summed E-state index contributed by atoms with van der Waals surface area (Å²) in [6.07, 6.45) is -5.66. The molecule has 0 saturated carbocycles. The van der Waals surface area contributed by atoms with E-state index in [-0.39, 0.29) is 19.4 Å². The van der Waals surface area contributed by atoms with Crippen molar-refractivity contribution in [2.24, 2.45) is 5.41 Å². The molecule has 6 heteroatoms. The molecule has 0 saturated heterocycles. The average molecular weight is 237 g/mol. The number of esters is 1. The van der Waals surface area contributed by atoms with Gasteiger partial charge in [-0.05, 0) is 26.7 Å². The maximum atomic E-state index is 11.9. The van der Waals surface area contributed by atoms with Gasteiger partial charge in [-0.2, -0.15) is 18.4 Å². The number of carbonyl (C=O) groups excluding carboxylic acids is 1. The molecule has 16 heavy (non-hydrogen) atoms. The van der Waals surface area contributed by atoms with Gasteiger partial charge in [-0.3, -0.25) is 4.79 Å². The molecule has 1 unspecified atom stereocenters. The SMILES string of the molecule is CCOC(=O)C(C)(C#N)CCCC(F)(F)F. The summed E-state index contributed by atoms with van der Waals surface area (Å²) in [6.45, 7) is 2.97. The zero-order valence-corrected chi connectivity index (χ0v) is 9.23. The van der Waals surface area contributed by atoms with Gasteiger partial charge in [0, 0.05) is 6.42 Å². The van der Waals surface area contributed by atoms with Crippen molar-refractivity contribution in [2.75, 3.05) is 6.61 Å². The summed E-state index contributed by atoms with van der Waals surface area (Å²) in [6, 6.07) is 1.71. The van der Waals surface area contributed by atoms with Crippen molar-refractivity contribution in [3.63, 3.8) is 0 Å². The number of hydrogen-bond acceptors (Lipinski definition) is 3. The van der Waals surface area contributed by atoms with Crippen LogP contribution in [0.15, 0.2) is 0 Å². The molecule has 0 rings (SSSR count). The molecule has 0 aliphatic carbocycles. The molecule has 0 heterocycles. The molecule has 0 N–H and O–H groups in total. The minimum absolute atomic E-state index is 0.107. The van der Waals surface area contributed by atoms with Crippen molar-refractivity contribution in [3.05, 3.63) is 0 Å². The Labute approximate surface area is 92.2 Å². The fraction of sp³-hybridized carbons (Fsp3) is 0.800. The van der Waals surface area contributed by atoms with Crippen LogP contribution in [0.5, 0.6) is 0 Å². The van der Waals surface area contributed by atoms with Crippen LogP contribution in [0.3, 0.4) is 0 Å². The van der Waals surface area contributed by atoms with Crippen molar-refractivity contribution >= 4 is 5.97 Å². The number of nitrogens with zero attached hydrogens (tertiary/aromatic N) is 1. The number of rotatable bonds is 5. The monoisotopic (exact) mass is 237 g/mol. The van der Waals surface area contributed by atoms with Gasteiger partial charge in [0.15, 0.2) is 5.41 Å². The first-order valence-corrected chi connectivity index (χ1v) is 4.90. The molecule has 0 aromatic carbocycles. The Morgan fingerprint density at radius 1 is 1.38 bits per heavy atom. The van der Waals surface area contributed by atoms with Gasteiger partial charge in [0.1, 0.15) is 0 Å². The second kappa shape index (κ2) is 5.73. The minimum Gasteiger partial charge on any atom is -0.465 e. The average Bonchev–Trinajstić information content (AvgIpc) is 2.15. The van der Waals surface area contributed by atoms with Gasteiger partial charge in [0.2, 0.25) is 0 Å². The molecule has 0 aromatic rings. The highest BCUT2D eigenvalue weighted by atomic mass is 19.4. The Morgan fingerprint density at radius 2 is 1.94 bits per heavy atom. The molecular formula is C10H14F3NO2. The highest BCUT2D eigenvalue weighted by molar-refractivity contribution is 5.79. The molecule has 0 aliphatic heterocycles. The highest BCUT2D eigenvalue weighted by Gasteiger charge is 2.36. The van der Waals surface area contributed by atoms with Crippen molar-refractivity contribution in [2.45, 2.75) is 39.3 Å². The van der Waals surface area contributed by atoms with Gasteiger partial charge in [0.25, 0.3) is 0 Å². The van der Waals surface area contributed by atoms with Gasteiger partial charge in [-0.25, -0.2) is 0 Å². The van der Waals surface area contributed by atoms with Gasteiger partial charge in [0.05, 0.1) is 12.7 Å². The van der Waals surface area contributed by atoms with Gasteiger partial charge < -0.3 is 4.74 Å². The van der Waals surface area contributed by atoms with Crippen molar-refractivity contribution < 1.29 is 22.7 Å². The van der Waals surface area contributed by atoms with E-state index >= 15 is 0 Å². The smallest absolute Gasteiger partial charge is 0.389 e. The van der Waals surface area contributed by atoms with Crippen LogP contribution in [0.25, 0.3) is 0 Å². The number of hydrogen-bond donors (Lipinski definition) is 0. The lowest BCUT2D eigenvalue weighted by molar-refractivity contribution is -0.153. The zero-order valence-electron chi connectivity index (χ0n) is 9.23. The number of halogens is 3. The van der Waals surface area contributed by atoms with E-state index in [2.05, 4.69) is 4.74 Å². The molecule has 0 spiro atoms. The summed E-state index contributed by atoms with van der Waals surface area (Å²) in [5, 5.41) is 8.78. The molecule has 3 nitrogen and oxygen atoms in total. The van der Waals surface area contributed by atoms with Crippen LogP contribution in [0.4, 0.5) is 13.2 Å². The Balaban J connectivity index is 4.29. The number of carbonyl (C=O) groups is 1. The third-order valence-corrected chi connectivity index (χ3v) is 2.11. The first-order valence-electron chi connectivity index (χ1n) is 4.90. The molecule has 0 amide bonds. The van der Waals surface area contributed by atoms with Crippen LogP contribution in [0.1, 0.15) is 33.1 Å². The third kappa shape index (κ3) is 5.01. The molecule has 92 valence electrons. The summed E-state index contributed by atoms with van der Waals surface area (Å²) in [7, 11) is 0. The van der Waals surface area contributed by atoms with Crippen LogP contribution >= 0.6 is 0 Å². The van der Waals surface area contributed by atoms with Gasteiger partial charge in [-0.15, -0.1) is 0 Å². The maximum Gasteiger partial charge on any atom is 0.389 e. The van der Waals surface area contributed by atoms with Crippen LogP contribution in [0.2, 0.25) is 0 Å². The normalized spacial score (nSPS) is 15.0. The number of nitriles is 1. The minimum atomic E-state index is -4.26. The summed E-state index contributed by atoms with van der Waals surface area (Å²) in [5.74, 6) is -0.764. The lowest BCUT2D eigenvalue weighted by atomic mass is 9.86. The van der Waals surface area contributed by atoms with Crippen molar-refractivity contribution in [1.82, 2.24) is 0 Å². The lowest BCUT2D eigenvalue weighted by Gasteiger charge is -2.19. The standard InChI is InChI=1S/C10H14F3NO2/c1-3-16-8(15)9(2,7-14)5-4-6-10(11,12)13/h3-6H2,1-2H3. The molecule has 0 fully saturated rings. The summed E-state index contributed by atoms with van der Waals surface area (Å²) >= 11 is 0. The summed E-state index contributed by atoms with van der Waals surface area (Å²) in [4.78, 5) is 11.3. The second-order valence-electron chi connectivity index (χ2n) is 3.63. The number of ether oxygens (including phenoxy) is 1. The number of alkyl halides is 3. The van der Waals surface area contributed by atoms with E-state index in [1.165, 1.54) is 6.92 Å². The quantitative estimate of drug-likeness (QED) is 0.691. The first kappa shape index (κ1) is 14.8. The Hall–Kier alpha value is -1.25. The van der Waals surface area contributed by atoms with Gasteiger partial charge in [-0.1, -0.05) is 0 Å². The first-order chi connectivity index (χ1) is 7.25. The largest absolute Gasteiger partial charge is 0.465 e. The highest BCUT2D eigenvalue weighted by Crippen LogP contribution is 2.29. The van der Waals surface area contributed by atoms with E-state index < -0.39 is 24.0 Å². The second-order valence-corrected chi connectivity index (χ2v) is 3.63. The summed E-state index contributed by atoms with van der Waals surface area (Å²) in [5.41, 5.74) is -1.48.